The van der Waals surface area contributed by atoms with E-state index < -0.39 is 0 Å². The first-order chi connectivity index (χ1) is 18.5. The maximum Gasteiger partial charge on any atom is 0.263 e. The van der Waals surface area contributed by atoms with E-state index in [1.807, 2.05) is 23.1 Å². The minimum absolute atomic E-state index is 0.238. The molecule has 0 radical (unpaired) electrons. The molecule has 6 rings (SSSR count). The lowest BCUT2D eigenvalue weighted by Crippen LogP contribution is -2.33. The van der Waals surface area contributed by atoms with Gasteiger partial charge in [-0.15, -0.1) is 0 Å². The van der Waals surface area contributed by atoms with Gasteiger partial charge in [0.2, 0.25) is 5.52 Å². The number of nitrogens with zero attached hydrogens (tertiary/aromatic N) is 2. The smallest absolute Gasteiger partial charge is 0.263 e. The van der Waals surface area contributed by atoms with Crippen LogP contribution in [-0.4, -0.2) is 6.54 Å². The first-order valence-corrected chi connectivity index (χ1v) is 15.3. The van der Waals surface area contributed by atoms with Crippen molar-refractivity contribution in [3.63, 3.8) is 0 Å². The highest BCUT2D eigenvalue weighted by Crippen LogP contribution is 2.45. The summed E-state index contributed by atoms with van der Waals surface area (Å²) in [5.74, 6) is 0. The lowest BCUT2D eigenvalue weighted by Gasteiger charge is -2.30. The molecule has 192 valence electrons. The molecule has 0 unspecified atom stereocenters. The van der Waals surface area contributed by atoms with Crippen LogP contribution in [0, 0.1) is 5.41 Å². The molecule has 0 bridgehead atoms. The van der Waals surface area contributed by atoms with Gasteiger partial charge in [0, 0.05) is 17.5 Å². The largest absolute Gasteiger partial charge is 0.335 e. The summed E-state index contributed by atoms with van der Waals surface area (Å²) in [7, 11) is 0. The van der Waals surface area contributed by atoms with E-state index in [4.69, 9.17) is 0 Å². The van der Waals surface area contributed by atoms with Crippen molar-refractivity contribution in [2.45, 2.75) is 52.0 Å². The highest BCUT2D eigenvalue weighted by Gasteiger charge is 2.27. The number of hydrogen-bond acceptors (Lipinski definition) is 3. The fourth-order valence-corrected chi connectivity index (χ4v) is 8.28. The number of benzene rings is 3. The van der Waals surface area contributed by atoms with E-state index in [0.717, 1.165) is 25.9 Å². The van der Waals surface area contributed by atoms with Crippen molar-refractivity contribution in [1.29, 1.82) is 0 Å². The van der Waals surface area contributed by atoms with Crippen molar-refractivity contribution in [3.8, 4) is 0 Å². The van der Waals surface area contributed by atoms with Gasteiger partial charge in [0.15, 0.2) is 0 Å². The monoisotopic (exact) mass is 535 g/mol. The minimum Gasteiger partial charge on any atom is -0.335 e. The molecular formula is C34H35N2S2+. The number of anilines is 1. The quantitative estimate of drug-likeness (QED) is 0.235. The maximum absolute atomic E-state index is 2.50. The zero-order chi connectivity index (χ0) is 26.3. The number of rotatable bonds is 5. The van der Waals surface area contributed by atoms with E-state index in [1.54, 1.807) is 0 Å². The topological polar surface area (TPSA) is 7.12 Å². The molecule has 1 aliphatic heterocycles. The Morgan fingerprint density at radius 3 is 2.63 bits per heavy atom. The third-order valence-corrected chi connectivity index (χ3v) is 9.70. The Labute approximate surface area is 234 Å². The van der Waals surface area contributed by atoms with Crippen molar-refractivity contribution in [2.75, 3.05) is 11.4 Å². The maximum atomic E-state index is 2.50. The van der Waals surface area contributed by atoms with Gasteiger partial charge in [0.05, 0.1) is 16.1 Å². The van der Waals surface area contributed by atoms with Gasteiger partial charge in [0.1, 0.15) is 11.2 Å². The lowest BCUT2D eigenvalue weighted by molar-refractivity contribution is -0.664. The third-order valence-electron chi connectivity index (χ3n) is 7.48. The molecule has 0 atom stereocenters. The van der Waals surface area contributed by atoms with Gasteiger partial charge in [0.25, 0.3) is 5.01 Å². The van der Waals surface area contributed by atoms with Crippen LogP contribution in [-0.2, 0) is 6.54 Å². The van der Waals surface area contributed by atoms with Crippen LogP contribution < -0.4 is 9.47 Å². The Morgan fingerprint density at radius 2 is 1.79 bits per heavy atom. The second-order valence-corrected chi connectivity index (χ2v) is 13.1. The van der Waals surface area contributed by atoms with Crippen LogP contribution in [0.15, 0.2) is 106 Å². The number of para-hydroxylation sites is 1. The number of hydrogen-bond donors (Lipinski definition) is 0. The third kappa shape index (κ3) is 4.76. The fraction of sp³-hybridized carbons (Fsp3) is 0.265. The van der Waals surface area contributed by atoms with Crippen LogP contribution in [0.2, 0.25) is 0 Å². The Morgan fingerprint density at radius 1 is 0.974 bits per heavy atom. The SMILES string of the molecule is CCN1/C(=C\C=C\C2=CC(=Cc3sc4ccc5ccccc5c4[n+]3CC)CC(C)(C)C2)Sc2ccccc21. The van der Waals surface area contributed by atoms with Gasteiger partial charge >= 0.3 is 0 Å². The summed E-state index contributed by atoms with van der Waals surface area (Å²) in [6.07, 6.45) is 13.9. The average Bonchev–Trinajstić information content (AvgIpc) is 3.44. The first-order valence-electron chi connectivity index (χ1n) is 13.6. The summed E-state index contributed by atoms with van der Waals surface area (Å²) in [4.78, 5) is 3.75. The normalized spacial score (nSPS) is 19.3. The molecule has 38 heavy (non-hydrogen) atoms. The minimum atomic E-state index is 0.238. The molecule has 2 heterocycles. The predicted octanol–water partition coefficient (Wildman–Crippen LogP) is 9.52. The molecule has 2 nitrogen and oxygen atoms in total. The second kappa shape index (κ2) is 10.2. The van der Waals surface area contributed by atoms with Crippen molar-refractivity contribution >= 4 is 55.9 Å². The summed E-state index contributed by atoms with van der Waals surface area (Å²) in [6, 6.07) is 22.0. The number of fused-ring (bicyclic) bond motifs is 4. The van der Waals surface area contributed by atoms with Gasteiger partial charge in [-0.05, 0) is 79.0 Å². The molecule has 0 spiro atoms. The molecule has 4 aromatic rings. The summed E-state index contributed by atoms with van der Waals surface area (Å²) in [5, 5.41) is 5.30. The van der Waals surface area contributed by atoms with Gasteiger partial charge in [-0.2, -0.15) is 4.57 Å². The molecule has 0 N–H and O–H groups in total. The Kier molecular flexibility index (Phi) is 6.79. The molecule has 0 amide bonds. The number of aromatic nitrogens is 1. The molecule has 0 saturated carbocycles. The van der Waals surface area contributed by atoms with Crippen LogP contribution in [0.4, 0.5) is 5.69 Å². The zero-order valence-corrected chi connectivity index (χ0v) is 24.3. The summed E-state index contributed by atoms with van der Waals surface area (Å²) in [6.45, 7) is 11.2. The molecule has 1 aromatic heterocycles. The summed E-state index contributed by atoms with van der Waals surface area (Å²) in [5.41, 5.74) is 5.75. The lowest BCUT2D eigenvalue weighted by atomic mass is 9.75. The van der Waals surface area contributed by atoms with Gasteiger partial charge in [-0.25, -0.2) is 0 Å². The van der Waals surface area contributed by atoms with Crippen LogP contribution in [0.1, 0.15) is 45.5 Å². The standard InChI is InChI=1S/C34H35N2S2/c1-5-35-28-15-9-10-16-29(28)37-31(35)17-11-12-24-20-25(23-34(3,4)22-24)21-32-36(6-2)33-27-14-8-7-13-26(27)18-19-30(33)38-32/h7-21H,5-6,22-23H2,1-4H3/q+1. The van der Waals surface area contributed by atoms with Gasteiger partial charge in [-0.3, -0.25) is 0 Å². The molecule has 2 aliphatic rings. The van der Waals surface area contributed by atoms with Gasteiger partial charge < -0.3 is 4.90 Å². The van der Waals surface area contributed by atoms with Crippen LogP contribution in [0.3, 0.4) is 0 Å². The second-order valence-electron chi connectivity index (χ2n) is 11.0. The number of thiazole rings is 1. The zero-order valence-electron chi connectivity index (χ0n) is 22.7. The molecule has 4 heteroatoms. The van der Waals surface area contributed by atoms with E-state index in [0.29, 0.717) is 0 Å². The van der Waals surface area contributed by atoms with Crippen molar-refractivity contribution in [1.82, 2.24) is 0 Å². The summed E-state index contributed by atoms with van der Waals surface area (Å²) < 4.78 is 3.86. The first kappa shape index (κ1) is 25.2. The Hall–Kier alpha value is -3.08. The van der Waals surface area contributed by atoms with E-state index >= 15 is 0 Å². The van der Waals surface area contributed by atoms with E-state index in [9.17, 15) is 0 Å². The molecule has 0 saturated heterocycles. The van der Waals surface area contributed by atoms with E-state index in [1.165, 1.54) is 52.8 Å². The number of allylic oxidation sites excluding steroid dienone is 6. The molecule has 1 aliphatic carbocycles. The summed E-state index contributed by atoms with van der Waals surface area (Å²) >= 11 is 3.78. The van der Waals surface area contributed by atoms with Crippen molar-refractivity contribution < 1.29 is 4.57 Å². The molecule has 3 aromatic carbocycles. The van der Waals surface area contributed by atoms with Crippen molar-refractivity contribution in [2.24, 2.45) is 5.41 Å². The number of thioether (sulfide) groups is 1. The fourth-order valence-electron chi connectivity index (χ4n) is 5.92. The highest BCUT2D eigenvalue weighted by molar-refractivity contribution is 8.03. The highest BCUT2D eigenvalue weighted by atomic mass is 32.2. The predicted molar refractivity (Wildman–Crippen MR) is 167 cm³/mol. The van der Waals surface area contributed by atoms with Crippen LogP contribution >= 0.6 is 23.1 Å². The van der Waals surface area contributed by atoms with E-state index in [2.05, 4.69) is 128 Å². The average molecular weight is 536 g/mol. The number of aryl methyl sites for hydroxylation is 1. The van der Waals surface area contributed by atoms with Crippen LogP contribution in [0.25, 0.3) is 27.1 Å². The molecule has 0 fully saturated rings. The molecular weight excluding hydrogens is 501 g/mol. The Bertz CT molecular complexity index is 1650. The van der Waals surface area contributed by atoms with E-state index in [-0.39, 0.29) is 5.41 Å². The van der Waals surface area contributed by atoms with Crippen LogP contribution in [0.5, 0.6) is 0 Å². The Balaban J connectivity index is 1.33. The van der Waals surface area contributed by atoms with Crippen molar-refractivity contribution in [3.05, 3.63) is 106 Å². The van der Waals surface area contributed by atoms with Gasteiger partial charge in [-0.1, -0.05) is 91.6 Å².